The average Bonchev–Trinajstić information content (AvgIpc) is 2.54. The molecule has 2 aromatic rings. The molecular weight excluding hydrogens is 323 g/mol. The van der Waals surface area contributed by atoms with E-state index in [0.717, 1.165) is 12.1 Å². The third kappa shape index (κ3) is 4.25. The summed E-state index contributed by atoms with van der Waals surface area (Å²) >= 11 is 0. The number of halogens is 3. The molecule has 0 radical (unpaired) electrons. The molecule has 126 valence electrons. The molecule has 3 amide bonds. The Morgan fingerprint density at radius 1 is 0.917 bits per heavy atom. The number of carbonyl (C=O) groups is 2. The van der Waals surface area contributed by atoms with Crippen LogP contribution in [0.15, 0.2) is 48.5 Å². The van der Waals surface area contributed by atoms with Crippen molar-refractivity contribution in [2.45, 2.75) is 6.18 Å². The molecule has 0 aliphatic heterocycles. The predicted molar refractivity (Wildman–Crippen MR) is 83.9 cm³/mol. The van der Waals surface area contributed by atoms with Crippen LogP contribution in [0.25, 0.3) is 0 Å². The van der Waals surface area contributed by atoms with E-state index < -0.39 is 17.8 Å². The van der Waals surface area contributed by atoms with Crippen LogP contribution in [0.5, 0.6) is 0 Å². The van der Waals surface area contributed by atoms with Crippen molar-refractivity contribution in [1.29, 1.82) is 0 Å². The van der Waals surface area contributed by atoms with E-state index >= 15 is 0 Å². The fraction of sp³-hybridized carbons (Fsp3) is 0.125. The van der Waals surface area contributed by atoms with Crippen LogP contribution in [0.3, 0.4) is 0 Å². The van der Waals surface area contributed by atoms with Crippen molar-refractivity contribution in [3.63, 3.8) is 0 Å². The second-order valence-electron chi connectivity index (χ2n) is 4.78. The Labute approximate surface area is 135 Å². The first-order valence-electron chi connectivity index (χ1n) is 6.87. The highest BCUT2D eigenvalue weighted by atomic mass is 19.4. The number of alkyl halides is 3. The molecule has 0 spiro atoms. The number of nitrogens with one attached hydrogen (secondary N) is 3. The molecule has 0 bridgehead atoms. The van der Waals surface area contributed by atoms with Crippen LogP contribution in [-0.4, -0.2) is 19.0 Å². The number of anilines is 2. The predicted octanol–water partition coefficient (Wildman–Crippen LogP) is 3.71. The summed E-state index contributed by atoms with van der Waals surface area (Å²) in [6.45, 7) is 0. The highest BCUT2D eigenvalue weighted by molar-refractivity contribution is 6.01. The zero-order chi connectivity index (χ0) is 17.7. The van der Waals surface area contributed by atoms with Crippen LogP contribution in [0.4, 0.5) is 29.3 Å². The van der Waals surface area contributed by atoms with Gasteiger partial charge in [-0.2, -0.15) is 13.2 Å². The fourth-order valence-electron chi connectivity index (χ4n) is 1.97. The Morgan fingerprint density at radius 3 is 2.12 bits per heavy atom. The van der Waals surface area contributed by atoms with Gasteiger partial charge in [0.05, 0.1) is 11.3 Å². The van der Waals surface area contributed by atoms with E-state index in [1.54, 1.807) is 0 Å². The Morgan fingerprint density at radius 2 is 1.54 bits per heavy atom. The van der Waals surface area contributed by atoms with Gasteiger partial charge in [0.1, 0.15) is 0 Å². The number of benzene rings is 2. The number of hydrogen-bond acceptors (Lipinski definition) is 2. The number of para-hydroxylation sites is 1. The third-order valence-electron chi connectivity index (χ3n) is 3.11. The first kappa shape index (κ1) is 17.3. The maximum Gasteiger partial charge on any atom is 0.418 e. The maximum absolute atomic E-state index is 12.9. The molecule has 0 saturated heterocycles. The number of carbonyl (C=O) groups excluding carboxylic acids is 2. The van der Waals surface area contributed by atoms with Crippen molar-refractivity contribution in [1.82, 2.24) is 5.32 Å². The lowest BCUT2D eigenvalue weighted by Crippen LogP contribution is -2.22. The topological polar surface area (TPSA) is 70.2 Å². The number of amides is 3. The first-order valence-corrected chi connectivity index (χ1v) is 6.87. The van der Waals surface area contributed by atoms with E-state index in [0.29, 0.717) is 11.3 Å². The van der Waals surface area contributed by atoms with Gasteiger partial charge in [-0.05, 0) is 36.4 Å². The molecule has 24 heavy (non-hydrogen) atoms. The van der Waals surface area contributed by atoms with Gasteiger partial charge in [0.15, 0.2) is 0 Å². The van der Waals surface area contributed by atoms with E-state index in [9.17, 15) is 22.8 Å². The molecule has 0 heterocycles. The van der Waals surface area contributed by atoms with E-state index in [2.05, 4.69) is 16.0 Å². The molecule has 2 rings (SSSR count). The van der Waals surface area contributed by atoms with Crippen LogP contribution in [-0.2, 0) is 6.18 Å². The van der Waals surface area contributed by atoms with Gasteiger partial charge in [-0.25, -0.2) is 4.79 Å². The van der Waals surface area contributed by atoms with Gasteiger partial charge in [-0.15, -0.1) is 0 Å². The number of rotatable bonds is 3. The Hall–Kier alpha value is -3.03. The molecule has 3 N–H and O–H groups in total. The summed E-state index contributed by atoms with van der Waals surface area (Å²) in [6.07, 6.45) is -4.57. The monoisotopic (exact) mass is 337 g/mol. The Bertz CT molecular complexity index is 743. The van der Waals surface area contributed by atoms with Gasteiger partial charge < -0.3 is 16.0 Å². The summed E-state index contributed by atoms with van der Waals surface area (Å²) < 4.78 is 38.6. The zero-order valence-electron chi connectivity index (χ0n) is 12.6. The summed E-state index contributed by atoms with van der Waals surface area (Å²) in [6, 6.07) is 9.77. The van der Waals surface area contributed by atoms with Crippen LogP contribution >= 0.6 is 0 Å². The van der Waals surface area contributed by atoms with Crippen molar-refractivity contribution in [3.05, 3.63) is 59.7 Å². The molecular formula is C16H14F3N3O2. The van der Waals surface area contributed by atoms with Crippen molar-refractivity contribution in [2.24, 2.45) is 0 Å². The van der Waals surface area contributed by atoms with E-state index in [1.165, 1.54) is 43.4 Å². The first-order chi connectivity index (χ1) is 11.3. The summed E-state index contributed by atoms with van der Waals surface area (Å²) in [5.74, 6) is -0.287. The van der Waals surface area contributed by atoms with E-state index in [1.807, 2.05) is 0 Å². The summed E-state index contributed by atoms with van der Waals surface area (Å²) in [4.78, 5) is 23.3. The van der Waals surface area contributed by atoms with Gasteiger partial charge in [-0.3, -0.25) is 4.79 Å². The molecule has 0 aromatic heterocycles. The molecule has 0 unspecified atom stereocenters. The fourth-order valence-corrected chi connectivity index (χ4v) is 1.97. The maximum atomic E-state index is 12.9. The molecule has 2 aromatic carbocycles. The van der Waals surface area contributed by atoms with Crippen molar-refractivity contribution in [2.75, 3.05) is 17.7 Å². The minimum Gasteiger partial charge on any atom is -0.355 e. The molecule has 0 atom stereocenters. The van der Waals surface area contributed by atoms with E-state index in [-0.39, 0.29) is 11.6 Å². The van der Waals surface area contributed by atoms with Crippen LogP contribution in [0.2, 0.25) is 0 Å². The summed E-state index contributed by atoms with van der Waals surface area (Å²) in [5, 5.41) is 7.02. The van der Waals surface area contributed by atoms with Gasteiger partial charge in [0.25, 0.3) is 5.91 Å². The van der Waals surface area contributed by atoms with Crippen LogP contribution in [0.1, 0.15) is 15.9 Å². The molecule has 0 saturated carbocycles. The lowest BCUT2D eigenvalue weighted by Gasteiger charge is -2.14. The van der Waals surface area contributed by atoms with Gasteiger partial charge in [0, 0.05) is 18.3 Å². The van der Waals surface area contributed by atoms with Gasteiger partial charge in [0.2, 0.25) is 0 Å². The normalized spacial score (nSPS) is 10.8. The quantitative estimate of drug-likeness (QED) is 0.799. The highest BCUT2D eigenvalue weighted by Gasteiger charge is 2.33. The molecule has 0 aliphatic rings. The van der Waals surface area contributed by atoms with Crippen molar-refractivity contribution < 1.29 is 22.8 Å². The average molecular weight is 337 g/mol. The highest BCUT2D eigenvalue weighted by Crippen LogP contribution is 2.34. The lowest BCUT2D eigenvalue weighted by atomic mass is 10.1. The van der Waals surface area contributed by atoms with Crippen LogP contribution < -0.4 is 16.0 Å². The molecule has 5 nitrogen and oxygen atoms in total. The SMILES string of the molecule is CNC(=O)c1ccc(NC(=O)Nc2ccccc2C(F)(F)F)cc1. The standard InChI is InChI=1S/C16H14F3N3O2/c1-20-14(23)10-6-8-11(9-7-10)21-15(24)22-13-5-3-2-4-12(13)16(17,18)19/h2-9H,1H3,(H,20,23)(H2,21,22,24). The number of hydrogen-bond donors (Lipinski definition) is 3. The summed E-state index contributed by atoms with van der Waals surface area (Å²) in [7, 11) is 1.49. The Kier molecular flexibility index (Phi) is 5.08. The molecule has 0 aliphatic carbocycles. The zero-order valence-corrected chi connectivity index (χ0v) is 12.6. The second kappa shape index (κ2) is 7.03. The van der Waals surface area contributed by atoms with Gasteiger partial charge in [-0.1, -0.05) is 12.1 Å². The van der Waals surface area contributed by atoms with Crippen LogP contribution in [0, 0.1) is 0 Å². The second-order valence-corrected chi connectivity index (χ2v) is 4.78. The van der Waals surface area contributed by atoms with E-state index in [4.69, 9.17) is 0 Å². The minimum atomic E-state index is -4.57. The largest absolute Gasteiger partial charge is 0.418 e. The smallest absolute Gasteiger partial charge is 0.355 e. The minimum absolute atomic E-state index is 0.287. The van der Waals surface area contributed by atoms with Crippen molar-refractivity contribution in [3.8, 4) is 0 Å². The molecule has 8 heteroatoms. The van der Waals surface area contributed by atoms with Crippen molar-refractivity contribution >= 4 is 23.3 Å². The lowest BCUT2D eigenvalue weighted by molar-refractivity contribution is -0.136. The molecule has 0 fully saturated rings. The summed E-state index contributed by atoms with van der Waals surface area (Å²) in [5.41, 5.74) is -0.546. The number of urea groups is 1. The third-order valence-corrected chi connectivity index (χ3v) is 3.11. The van der Waals surface area contributed by atoms with Gasteiger partial charge >= 0.3 is 12.2 Å². The Balaban J connectivity index is 2.08.